The van der Waals surface area contributed by atoms with Crippen LogP contribution in [0.5, 0.6) is 11.5 Å². The molecule has 1 atom stereocenters. The molecule has 1 saturated heterocycles. The molecule has 0 amide bonds. The SMILES string of the molecule is CN(C)c1cccc(O)c1.CN(C)c1cccc(OCC2CO2)c1. The summed E-state index contributed by atoms with van der Waals surface area (Å²) >= 11 is 0. The number of phenols is 1. The summed E-state index contributed by atoms with van der Waals surface area (Å²) in [5, 5.41) is 9.04. The Morgan fingerprint density at radius 1 is 1.00 bits per heavy atom. The Morgan fingerprint density at radius 2 is 1.58 bits per heavy atom. The number of anilines is 2. The third kappa shape index (κ3) is 6.01. The van der Waals surface area contributed by atoms with Gasteiger partial charge in [0.05, 0.1) is 6.61 Å². The van der Waals surface area contributed by atoms with Crippen molar-refractivity contribution >= 4 is 11.4 Å². The zero-order chi connectivity index (χ0) is 17.5. The van der Waals surface area contributed by atoms with Crippen molar-refractivity contribution < 1.29 is 14.6 Å². The largest absolute Gasteiger partial charge is 0.508 e. The van der Waals surface area contributed by atoms with Crippen LogP contribution >= 0.6 is 0 Å². The molecule has 0 radical (unpaired) electrons. The molecule has 0 aromatic heterocycles. The predicted molar refractivity (Wildman–Crippen MR) is 98.4 cm³/mol. The average molecular weight is 330 g/mol. The second-order valence-electron chi connectivity index (χ2n) is 6.07. The highest BCUT2D eigenvalue weighted by atomic mass is 16.6. The van der Waals surface area contributed by atoms with Gasteiger partial charge in [-0.1, -0.05) is 12.1 Å². The van der Waals surface area contributed by atoms with E-state index in [2.05, 4.69) is 11.0 Å². The minimum Gasteiger partial charge on any atom is -0.508 e. The van der Waals surface area contributed by atoms with Gasteiger partial charge in [0.15, 0.2) is 0 Å². The van der Waals surface area contributed by atoms with Crippen LogP contribution in [0.25, 0.3) is 0 Å². The smallest absolute Gasteiger partial charge is 0.121 e. The minimum atomic E-state index is 0.311. The second-order valence-corrected chi connectivity index (χ2v) is 6.07. The third-order valence-corrected chi connectivity index (χ3v) is 3.52. The highest BCUT2D eigenvalue weighted by Crippen LogP contribution is 2.20. The van der Waals surface area contributed by atoms with E-state index in [9.17, 15) is 0 Å². The van der Waals surface area contributed by atoms with Crippen molar-refractivity contribution in [2.75, 3.05) is 51.2 Å². The number of phenolic OH excluding ortho intramolecular Hbond substituents is 1. The number of nitrogens with zero attached hydrogens (tertiary/aromatic N) is 2. The summed E-state index contributed by atoms with van der Waals surface area (Å²) in [5.41, 5.74) is 2.17. The summed E-state index contributed by atoms with van der Waals surface area (Å²) in [6.07, 6.45) is 0.318. The van der Waals surface area contributed by atoms with E-state index >= 15 is 0 Å². The number of benzene rings is 2. The van der Waals surface area contributed by atoms with Gasteiger partial charge in [0.2, 0.25) is 0 Å². The molecular formula is C19H26N2O3. The summed E-state index contributed by atoms with van der Waals surface area (Å²) < 4.78 is 10.6. The molecule has 2 aromatic carbocycles. The van der Waals surface area contributed by atoms with Crippen molar-refractivity contribution in [2.24, 2.45) is 0 Å². The summed E-state index contributed by atoms with van der Waals surface area (Å²) in [6.45, 7) is 1.50. The molecule has 0 aliphatic carbocycles. The lowest BCUT2D eigenvalue weighted by atomic mass is 10.3. The molecule has 0 saturated carbocycles. The van der Waals surface area contributed by atoms with Crippen LogP contribution in [0.3, 0.4) is 0 Å². The van der Waals surface area contributed by atoms with Crippen LogP contribution in [-0.4, -0.2) is 52.6 Å². The van der Waals surface area contributed by atoms with Crippen molar-refractivity contribution in [3.05, 3.63) is 48.5 Å². The van der Waals surface area contributed by atoms with E-state index in [-0.39, 0.29) is 0 Å². The lowest BCUT2D eigenvalue weighted by Gasteiger charge is -2.13. The minimum absolute atomic E-state index is 0.311. The van der Waals surface area contributed by atoms with E-state index < -0.39 is 0 Å². The molecule has 1 fully saturated rings. The second kappa shape index (κ2) is 8.45. The Hall–Kier alpha value is -2.40. The number of hydrogen-bond acceptors (Lipinski definition) is 5. The van der Waals surface area contributed by atoms with E-state index in [1.807, 2.05) is 63.4 Å². The van der Waals surface area contributed by atoms with E-state index in [0.29, 0.717) is 18.5 Å². The normalized spacial score (nSPS) is 15.1. The van der Waals surface area contributed by atoms with Gasteiger partial charge in [-0.3, -0.25) is 0 Å². The van der Waals surface area contributed by atoms with E-state index in [1.54, 1.807) is 12.1 Å². The molecule has 3 rings (SSSR count). The number of epoxide rings is 1. The first kappa shape index (κ1) is 17.9. The summed E-state index contributed by atoms with van der Waals surface area (Å²) in [4.78, 5) is 4.00. The summed E-state index contributed by atoms with van der Waals surface area (Å²) in [6, 6.07) is 15.2. The Labute approximate surface area is 144 Å². The molecule has 1 aliphatic heterocycles. The lowest BCUT2D eigenvalue weighted by Crippen LogP contribution is -2.09. The fourth-order valence-corrected chi connectivity index (χ4v) is 1.98. The van der Waals surface area contributed by atoms with Gasteiger partial charge < -0.3 is 24.4 Å². The van der Waals surface area contributed by atoms with Crippen LogP contribution in [0.2, 0.25) is 0 Å². The molecule has 1 heterocycles. The predicted octanol–water partition coefficient (Wildman–Crippen LogP) is 2.99. The Morgan fingerprint density at radius 3 is 2.08 bits per heavy atom. The molecule has 24 heavy (non-hydrogen) atoms. The van der Waals surface area contributed by atoms with Gasteiger partial charge in [0.25, 0.3) is 0 Å². The molecule has 1 N–H and O–H groups in total. The monoisotopic (exact) mass is 330 g/mol. The van der Waals surface area contributed by atoms with Gasteiger partial charge in [-0.05, 0) is 24.3 Å². The topological polar surface area (TPSA) is 48.5 Å². The van der Waals surface area contributed by atoms with Crippen LogP contribution in [0, 0.1) is 0 Å². The molecule has 5 nitrogen and oxygen atoms in total. The highest BCUT2D eigenvalue weighted by molar-refractivity contribution is 5.49. The van der Waals surface area contributed by atoms with Gasteiger partial charge in [-0.25, -0.2) is 0 Å². The van der Waals surface area contributed by atoms with Crippen LogP contribution in [-0.2, 0) is 4.74 Å². The van der Waals surface area contributed by atoms with Crippen molar-refractivity contribution in [3.63, 3.8) is 0 Å². The van der Waals surface area contributed by atoms with E-state index in [0.717, 1.165) is 23.7 Å². The maximum Gasteiger partial charge on any atom is 0.121 e. The fourth-order valence-electron chi connectivity index (χ4n) is 1.98. The molecule has 5 heteroatoms. The Bertz CT molecular complexity index is 640. The maximum absolute atomic E-state index is 9.04. The summed E-state index contributed by atoms with van der Waals surface area (Å²) in [5.74, 6) is 1.22. The molecule has 0 spiro atoms. The lowest BCUT2D eigenvalue weighted by molar-refractivity contribution is 0.263. The number of rotatable bonds is 5. The number of ether oxygens (including phenoxy) is 2. The number of hydrogen-bond donors (Lipinski definition) is 1. The van der Waals surface area contributed by atoms with Gasteiger partial charge >= 0.3 is 0 Å². The fraction of sp³-hybridized carbons (Fsp3) is 0.368. The summed E-state index contributed by atoms with van der Waals surface area (Å²) in [7, 11) is 7.91. The van der Waals surface area contributed by atoms with Gasteiger partial charge in [0, 0.05) is 51.7 Å². The maximum atomic E-state index is 9.04. The van der Waals surface area contributed by atoms with Gasteiger partial charge in [-0.2, -0.15) is 0 Å². The average Bonchev–Trinajstić information content (AvgIpc) is 3.38. The molecule has 0 bridgehead atoms. The quantitative estimate of drug-likeness (QED) is 0.854. The molecule has 2 aromatic rings. The zero-order valence-electron chi connectivity index (χ0n) is 14.8. The first-order valence-electron chi connectivity index (χ1n) is 7.94. The highest BCUT2D eigenvalue weighted by Gasteiger charge is 2.22. The zero-order valence-corrected chi connectivity index (χ0v) is 14.8. The first-order valence-corrected chi connectivity index (χ1v) is 7.94. The van der Waals surface area contributed by atoms with Crippen LogP contribution < -0.4 is 14.5 Å². The van der Waals surface area contributed by atoms with Crippen LogP contribution in [0.1, 0.15) is 0 Å². The number of aromatic hydroxyl groups is 1. The van der Waals surface area contributed by atoms with Crippen LogP contribution in [0.15, 0.2) is 48.5 Å². The molecule has 1 unspecified atom stereocenters. The van der Waals surface area contributed by atoms with Crippen molar-refractivity contribution in [1.82, 2.24) is 0 Å². The van der Waals surface area contributed by atoms with Crippen molar-refractivity contribution in [1.29, 1.82) is 0 Å². The third-order valence-electron chi connectivity index (χ3n) is 3.52. The van der Waals surface area contributed by atoms with Crippen molar-refractivity contribution in [2.45, 2.75) is 6.10 Å². The Balaban J connectivity index is 0.000000185. The molecular weight excluding hydrogens is 304 g/mol. The Kier molecular flexibility index (Phi) is 6.32. The van der Waals surface area contributed by atoms with E-state index in [1.165, 1.54) is 0 Å². The van der Waals surface area contributed by atoms with Crippen molar-refractivity contribution in [3.8, 4) is 11.5 Å². The standard InChI is InChI=1S/C11H15NO2.C8H11NO/c1-12(2)9-4-3-5-10(6-9)13-7-11-8-14-11;1-9(2)7-4-3-5-8(10)6-7/h3-6,11H,7-8H2,1-2H3;3-6,10H,1-2H3. The molecule has 1 aliphatic rings. The van der Waals surface area contributed by atoms with Gasteiger partial charge in [-0.15, -0.1) is 0 Å². The first-order chi connectivity index (χ1) is 11.5. The molecule has 130 valence electrons. The van der Waals surface area contributed by atoms with Gasteiger partial charge in [0.1, 0.15) is 24.2 Å². The van der Waals surface area contributed by atoms with Crippen LogP contribution in [0.4, 0.5) is 11.4 Å². The van der Waals surface area contributed by atoms with E-state index in [4.69, 9.17) is 14.6 Å².